The lowest BCUT2D eigenvalue weighted by atomic mass is 9.92. The van der Waals surface area contributed by atoms with Crippen LogP contribution in [0.2, 0.25) is 0 Å². The zero-order valence-electron chi connectivity index (χ0n) is 11.9. The highest BCUT2D eigenvalue weighted by Crippen LogP contribution is 2.26. The van der Waals surface area contributed by atoms with Crippen LogP contribution >= 0.6 is 0 Å². The molecule has 2 rings (SSSR count). The molecule has 0 aromatic carbocycles. The molecule has 3 nitrogen and oxygen atoms in total. The fourth-order valence-corrected chi connectivity index (χ4v) is 3.14. The van der Waals surface area contributed by atoms with E-state index in [0.717, 1.165) is 25.0 Å². The average molecular weight is 249 g/mol. The molecule has 3 heteroatoms. The molecule has 1 aliphatic rings. The lowest BCUT2D eigenvalue weighted by Crippen LogP contribution is -2.30. The monoisotopic (exact) mass is 249 g/mol. The minimum Gasteiger partial charge on any atom is -0.314 e. The summed E-state index contributed by atoms with van der Waals surface area (Å²) in [6, 6.07) is 0.740. The maximum atomic E-state index is 4.38. The van der Waals surface area contributed by atoms with Gasteiger partial charge in [0.05, 0.1) is 6.20 Å². The fraction of sp³-hybridized carbons (Fsp3) is 0.800. The Kier molecular flexibility index (Phi) is 5.24. The highest BCUT2D eigenvalue weighted by atomic mass is 15.3. The SMILES string of the molecule is CCNC1CCCCC(Cc2cnn(CC)c2)C1. The summed E-state index contributed by atoms with van der Waals surface area (Å²) in [6.07, 6.45) is 12.4. The number of rotatable bonds is 5. The summed E-state index contributed by atoms with van der Waals surface area (Å²) in [5.41, 5.74) is 1.42. The number of hydrogen-bond acceptors (Lipinski definition) is 2. The number of nitrogens with zero attached hydrogens (tertiary/aromatic N) is 2. The molecule has 1 aromatic rings. The Balaban J connectivity index is 1.90. The smallest absolute Gasteiger partial charge is 0.0521 e. The van der Waals surface area contributed by atoms with Gasteiger partial charge < -0.3 is 5.32 Å². The third-order valence-corrected chi connectivity index (χ3v) is 4.06. The van der Waals surface area contributed by atoms with Crippen molar-refractivity contribution in [3.05, 3.63) is 18.0 Å². The van der Waals surface area contributed by atoms with Crippen LogP contribution in [0.25, 0.3) is 0 Å². The average Bonchev–Trinajstić information content (AvgIpc) is 2.70. The molecule has 0 spiro atoms. The highest BCUT2D eigenvalue weighted by Gasteiger charge is 2.20. The summed E-state index contributed by atoms with van der Waals surface area (Å²) in [5.74, 6) is 0.839. The van der Waals surface area contributed by atoms with Crippen molar-refractivity contribution < 1.29 is 0 Å². The standard InChI is InChI=1S/C15H27N3/c1-3-16-15-8-6-5-7-13(10-15)9-14-11-17-18(4-2)12-14/h11-13,15-16H,3-10H2,1-2H3. The lowest BCUT2D eigenvalue weighted by molar-refractivity contribution is 0.389. The van der Waals surface area contributed by atoms with E-state index in [1.807, 2.05) is 4.68 Å². The molecule has 1 aliphatic carbocycles. The maximum absolute atomic E-state index is 4.38. The van der Waals surface area contributed by atoms with E-state index in [0.29, 0.717) is 0 Å². The van der Waals surface area contributed by atoms with Gasteiger partial charge in [0.15, 0.2) is 0 Å². The number of aromatic nitrogens is 2. The Hall–Kier alpha value is -0.830. The molecule has 1 fully saturated rings. The van der Waals surface area contributed by atoms with E-state index in [1.54, 1.807) is 0 Å². The van der Waals surface area contributed by atoms with E-state index in [1.165, 1.54) is 44.1 Å². The Bertz CT molecular complexity index is 345. The predicted molar refractivity (Wildman–Crippen MR) is 75.6 cm³/mol. The van der Waals surface area contributed by atoms with E-state index < -0.39 is 0 Å². The van der Waals surface area contributed by atoms with Crippen LogP contribution in [0.5, 0.6) is 0 Å². The van der Waals surface area contributed by atoms with Crippen LogP contribution in [-0.4, -0.2) is 22.4 Å². The van der Waals surface area contributed by atoms with Crippen molar-refractivity contribution >= 4 is 0 Å². The van der Waals surface area contributed by atoms with Crippen LogP contribution in [-0.2, 0) is 13.0 Å². The molecule has 1 saturated carbocycles. The summed E-state index contributed by atoms with van der Waals surface area (Å²) < 4.78 is 2.04. The molecule has 18 heavy (non-hydrogen) atoms. The molecule has 2 unspecified atom stereocenters. The van der Waals surface area contributed by atoms with Crippen molar-refractivity contribution in [3.8, 4) is 0 Å². The van der Waals surface area contributed by atoms with Crippen LogP contribution < -0.4 is 5.32 Å². The molecule has 102 valence electrons. The lowest BCUT2D eigenvalue weighted by Gasteiger charge is -2.20. The Morgan fingerprint density at radius 3 is 2.89 bits per heavy atom. The topological polar surface area (TPSA) is 29.9 Å². The van der Waals surface area contributed by atoms with Gasteiger partial charge in [0.25, 0.3) is 0 Å². The van der Waals surface area contributed by atoms with E-state index in [2.05, 4.69) is 36.7 Å². The van der Waals surface area contributed by atoms with E-state index in [9.17, 15) is 0 Å². The van der Waals surface area contributed by atoms with Gasteiger partial charge in [0.2, 0.25) is 0 Å². The highest BCUT2D eigenvalue weighted by molar-refractivity contribution is 5.05. The molecule has 2 atom stereocenters. The minimum absolute atomic E-state index is 0.740. The van der Waals surface area contributed by atoms with Crippen LogP contribution in [0.1, 0.15) is 51.5 Å². The first-order valence-corrected chi connectivity index (χ1v) is 7.56. The van der Waals surface area contributed by atoms with Crippen molar-refractivity contribution in [3.63, 3.8) is 0 Å². The molecular formula is C15H27N3. The molecule has 0 amide bonds. The zero-order chi connectivity index (χ0) is 12.8. The molecule has 0 radical (unpaired) electrons. The Morgan fingerprint density at radius 2 is 2.17 bits per heavy atom. The second kappa shape index (κ2) is 6.93. The van der Waals surface area contributed by atoms with E-state index >= 15 is 0 Å². The molecule has 0 bridgehead atoms. The normalized spacial score (nSPS) is 25.0. The van der Waals surface area contributed by atoms with Crippen molar-refractivity contribution in [1.29, 1.82) is 0 Å². The van der Waals surface area contributed by atoms with Crippen LogP contribution in [0.4, 0.5) is 0 Å². The third-order valence-electron chi connectivity index (χ3n) is 4.06. The maximum Gasteiger partial charge on any atom is 0.0521 e. The first-order chi connectivity index (χ1) is 8.81. The van der Waals surface area contributed by atoms with Crippen molar-refractivity contribution in [2.24, 2.45) is 5.92 Å². The molecule has 1 heterocycles. The third kappa shape index (κ3) is 3.84. The zero-order valence-corrected chi connectivity index (χ0v) is 11.9. The quantitative estimate of drug-likeness (QED) is 0.813. The van der Waals surface area contributed by atoms with Gasteiger partial charge >= 0.3 is 0 Å². The minimum atomic E-state index is 0.740. The van der Waals surface area contributed by atoms with Gasteiger partial charge in [-0.2, -0.15) is 5.10 Å². The largest absolute Gasteiger partial charge is 0.314 e. The van der Waals surface area contributed by atoms with Gasteiger partial charge in [-0.05, 0) is 44.2 Å². The first-order valence-electron chi connectivity index (χ1n) is 7.56. The molecule has 0 saturated heterocycles. The molecular weight excluding hydrogens is 222 g/mol. The number of aryl methyl sites for hydroxylation is 1. The Morgan fingerprint density at radius 1 is 1.33 bits per heavy atom. The van der Waals surface area contributed by atoms with Gasteiger partial charge in [-0.3, -0.25) is 4.68 Å². The predicted octanol–water partition coefficient (Wildman–Crippen LogP) is 3.00. The summed E-state index contributed by atoms with van der Waals surface area (Å²) in [7, 11) is 0. The second-order valence-electron chi connectivity index (χ2n) is 5.55. The summed E-state index contributed by atoms with van der Waals surface area (Å²) in [5, 5.41) is 8.02. The van der Waals surface area contributed by atoms with Crippen LogP contribution in [0.3, 0.4) is 0 Å². The van der Waals surface area contributed by atoms with Gasteiger partial charge in [0, 0.05) is 18.8 Å². The second-order valence-corrected chi connectivity index (χ2v) is 5.55. The summed E-state index contributed by atoms with van der Waals surface area (Å²) in [4.78, 5) is 0. The summed E-state index contributed by atoms with van der Waals surface area (Å²) in [6.45, 7) is 6.44. The van der Waals surface area contributed by atoms with Gasteiger partial charge in [-0.1, -0.05) is 26.2 Å². The fourth-order valence-electron chi connectivity index (χ4n) is 3.14. The first kappa shape index (κ1) is 13.6. The van der Waals surface area contributed by atoms with Crippen molar-refractivity contribution in [1.82, 2.24) is 15.1 Å². The molecule has 1 aromatic heterocycles. The molecule has 0 aliphatic heterocycles. The van der Waals surface area contributed by atoms with Gasteiger partial charge in [0.1, 0.15) is 0 Å². The van der Waals surface area contributed by atoms with Gasteiger partial charge in [-0.25, -0.2) is 0 Å². The number of hydrogen-bond donors (Lipinski definition) is 1. The van der Waals surface area contributed by atoms with Crippen molar-refractivity contribution in [2.45, 2.75) is 65.0 Å². The van der Waals surface area contributed by atoms with Crippen LogP contribution in [0.15, 0.2) is 12.4 Å². The number of nitrogens with one attached hydrogen (secondary N) is 1. The van der Waals surface area contributed by atoms with Crippen molar-refractivity contribution in [2.75, 3.05) is 6.54 Å². The van der Waals surface area contributed by atoms with E-state index in [4.69, 9.17) is 0 Å². The molecule has 1 N–H and O–H groups in total. The summed E-state index contributed by atoms with van der Waals surface area (Å²) >= 11 is 0. The van der Waals surface area contributed by atoms with E-state index in [-0.39, 0.29) is 0 Å². The van der Waals surface area contributed by atoms with Gasteiger partial charge in [-0.15, -0.1) is 0 Å². The van der Waals surface area contributed by atoms with Crippen LogP contribution in [0, 0.1) is 5.92 Å². The Labute approximate surface area is 111 Å².